The summed E-state index contributed by atoms with van der Waals surface area (Å²) in [5.74, 6) is 0. The molecule has 1 unspecified atom stereocenters. The quantitative estimate of drug-likeness (QED) is 0.431. The maximum absolute atomic E-state index is 5.46. The summed E-state index contributed by atoms with van der Waals surface area (Å²) in [6, 6.07) is 0.183. The van der Waals surface area contributed by atoms with E-state index in [4.69, 9.17) is 11.5 Å². The Bertz CT molecular complexity index is 77.0. The van der Waals surface area contributed by atoms with E-state index in [9.17, 15) is 0 Å². The van der Waals surface area contributed by atoms with Gasteiger partial charge in [-0.15, -0.1) is 0 Å². The molecule has 4 N–H and O–H groups in total. The summed E-state index contributed by atoms with van der Waals surface area (Å²) >= 11 is 0. The topological polar surface area (TPSA) is 52.0 Å². The van der Waals surface area contributed by atoms with Crippen molar-refractivity contribution < 1.29 is 0 Å². The van der Waals surface area contributed by atoms with Gasteiger partial charge in [0.05, 0.1) is 0 Å². The van der Waals surface area contributed by atoms with Crippen LogP contribution in [0.15, 0.2) is 12.2 Å². The highest BCUT2D eigenvalue weighted by Gasteiger charge is 1.81. The van der Waals surface area contributed by atoms with Gasteiger partial charge in [0.2, 0.25) is 0 Å². The molecule has 9 heavy (non-hydrogen) atoms. The Morgan fingerprint density at radius 3 is 2.67 bits per heavy atom. The van der Waals surface area contributed by atoms with Gasteiger partial charge >= 0.3 is 0 Å². The molecule has 0 saturated heterocycles. The average molecular weight is 128 g/mol. The fourth-order valence-electron chi connectivity index (χ4n) is 0.547. The van der Waals surface area contributed by atoms with Crippen molar-refractivity contribution >= 4 is 0 Å². The van der Waals surface area contributed by atoms with Crippen molar-refractivity contribution in [2.24, 2.45) is 11.5 Å². The standard InChI is InChI=1S/C7H16N2/c1-7(9)5-3-2-4-6-8/h3,5,7H,2,4,6,8-9H2,1H3/b5-3+. The lowest BCUT2D eigenvalue weighted by atomic mass is 10.2. The summed E-state index contributed by atoms with van der Waals surface area (Å²) in [4.78, 5) is 0. The Kier molecular flexibility index (Phi) is 5.57. The highest BCUT2D eigenvalue weighted by molar-refractivity contribution is 4.88. The molecular weight excluding hydrogens is 112 g/mol. The second kappa shape index (κ2) is 5.79. The molecule has 0 amide bonds. The van der Waals surface area contributed by atoms with E-state index in [1.807, 2.05) is 13.0 Å². The van der Waals surface area contributed by atoms with Crippen LogP contribution in [0, 0.1) is 0 Å². The molecule has 0 bridgehead atoms. The Hall–Kier alpha value is -0.340. The van der Waals surface area contributed by atoms with Crippen LogP contribution in [0.1, 0.15) is 19.8 Å². The fraction of sp³-hybridized carbons (Fsp3) is 0.714. The van der Waals surface area contributed by atoms with Crippen LogP contribution >= 0.6 is 0 Å². The molecule has 0 aromatic rings. The van der Waals surface area contributed by atoms with E-state index in [1.54, 1.807) is 0 Å². The van der Waals surface area contributed by atoms with E-state index >= 15 is 0 Å². The second-order valence-electron chi connectivity index (χ2n) is 2.22. The van der Waals surface area contributed by atoms with Gasteiger partial charge in [0, 0.05) is 6.04 Å². The number of nitrogens with two attached hydrogens (primary N) is 2. The van der Waals surface area contributed by atoms with Gasteiger partial charge in [0.25, 0.3) is 0 Å². The molecule has 0 aromatic heterocycles. The van der Waals surface area contributed by atoms with E-state index in [0.29, 0.717) is 0 Å². The summed E-state index contributed by atoms with van der Waals surface area (Å²) in [6.45, 7) is 2.72. The van der Waals surface area contributed by atoms with Crippen molar-refractivity contribution in [3.05, 3.63) is 12.2 Å². The fourth-order valence-corrected chi connectivity index (χ4v) is 0.547. The van der Waals surface area contributed by atoms with Gasteiger partial charge in [0.15, 0.2) is 0 Å². The molecule has 54 valence electrons. The van der Waals surface area contributed by atoms with E-state index in [0.717, 1.165) is 19.4 Å². The molecule has 2 heteroatoms. The van der Waals surface area contributed by atoms with Gasteiger partial charge in [-0.05, 0) is 26.3 Å². The number of allylic oxidation sites excluding steroid dienone is 1. The summed E-state index contributed by atoms with van der Waals surface area (Å²) in [7, 11) is 0. The summed E-state index contributed by atoms with van der Waals surface area (Å²) < 4.78 is 0. The zero-order chi connectivity index (χ0) is 7.11. The molecule has 0 aliphatic rings. The lowest BCUT2D eigenvalue weighted by Gasteiger charge is -1.93. The molecule has 0 heterocycles. The number of unbranched alkanes of at least 4 members (excludes halogenated alkanes) is 1. The zero-order valence-corrected chi connectivity index (χ0v) is 6.01. The van der Waals surface area contributed by atoms with E-state index < -0.39 is 0 Å². The number of hydrogen-bond donors (Lipinski definition) is 2. The van der Waals surface area contributed by atoms with Crippen molar-refractivity contribution in [3.8, 4) is 0 Å². The molecule has 0 aliphatic heterocycles. The molecule has 0 radical (unpaired) electrons. The first-order valence-electron chi connectivity index (χ1n) is 3.39. The largest absolute Gasteiger partial charge is 0.330 e. The second-order valence-corrected chi connectivity index (χ2v) is 2.22. The van der Waals surface area contributed by atoms with Gasteiger partial charge in [-0.25, -0.2) is 0 Å². The Morgan fingerprint density at radius 1 is 1.56 bits per heavy atom. The Morgan fingerprint density at radius 2 is 2.22 bits per heavy atom. The van der Waals surface area contributed by atoms with Crippen LogP contribution in [0.5, 0.6) is 0 Å². The van der Waals surface area contributed by atoms with Crippen molar-refractivity contribution in [1.82, 2.24) is 0 Å². The molecule has 0 fully saturated rings. The van der Waals surface area contributed by atoms with Crippen molar-refractivity contribution in [2.45, 2.75) is 25.8 Å². The minimum absolute atomic E-state index is 0.183. The van der Waals surface area contributed by atoms with Crippen molar-refractivity contribution in [1.29, 1.82) is 0 Å². The van der Waals surface area contributed by atoms with Crippen LogP contribution in [-0.4, -0.2) is 12.6 Å². The van der Waals surface area contributed by atoms with Gasteiger partial charge < -0.3 is 11.5 Å². The first-order chi connectivity index (χ1) is 4.27. The van der Waals surface area contributed by atoms with Gasteiger partial charge in [-0.3, -0.25) is 0 Å². The van der Waals surface area contributed by atoms with E-state index in [-0.39, 0.29) is 6.04 Å². The Balaban J connectivity index is 3.04. The SMILES string of the molecule is CC(N)/C=C/CCCN. The average Bonchev–Trinajstić information content (AvgIpc) is 1.80. The van der Waals surface area contributed by atoms with Crippen LogP contribution in [0.4, 0.5) is 0 Å². The summed E-state index contributed by atoms with van der Waals surface area (Å²) in [6.07, 6.45) is 6.19. The predicted molar refractivity (Wildman–Crippen MR) is 41.1 cm³/mol. The molecule has 1 atom stereocenters. The van der Waals surface area contributed by atoms with Gasteiger partial charge in [-0.2, -0.15) is 0 Å². The summed E-state index contributed by atoms with van der Waals surface area (Å²) in [5.41, 5.74) is 10.7. The lowest BCUT2D eigenvalue weighted by molar-refractivity contribution is 0.842. The number of rotatable bonds is 4. The molecule has 2 nitrogen and oxygen atoms in total. The van der Waals surface area contributed by atoms with Crippen LogP contribution in [-0.2, 0) is 0 Å². The Labute approximate surface area is 56.9 Å². The molecule has 0 aromatic carbocycles. The third-order valence-corrected chi connectivity index (χ3v) is 1.01. The third-order valence-electron chi connectivity index (χ3n) is 1.01. The summed E-state index contributed by atoms with van der Waals surface area (Å²) in [5, 5.41) is 0. The molecule has 0 saturated carbocycles. The van der Waals surface area contributed by atoms with Gasteiger partial charge in [0.1, 0.15) is 0 Å². The van der Waals surface area contributed by atoms with Gasteiger partial charge in [-0.1, -0.05) is 12.2 Å². The van der Waals surface area contributed by atoms with E-state index in [1.165, 1.54) is 0 Å². The van der Waals surface area contributed by atoms with Crippen molar-refractivity contribution in [3.63, 3.8) is 0 Å². The zero-order valence-electron chi connectivity index (χ0n) is 6.01. The van der Waals surface area contributed by atoms with Crippen LogP contribution in [0.3, 0.4) is 0 Å². The minimum Gasteiger partial charge on any atom is -0.330 e. The van der Waals surface area contributed by atoms with Crippen LogP contribution in [0.2, 0.25) is 0 Å². The van der Waals surface area contributed by atoms with Crippen molar-refractivity contribution in [2.75, 3.05) is 6.54 Å². The first kappa shape index (κ1) is 8.66. The molecule has 0 aliphatic carbocycles. The first-order valence-corrected chi connectivity index (χ1v) is 3.39. The molecule has 0 rings (SSSR count). The van der Waals surface area contributed by atoms with Crippen LogP contribution in [0.25, 0.3) is 0 Å². The molecule has 0 spiro atoms. The highest BCUT2D eigenvalue weighted by atomic mass is 14.6. The smallest absolute Gasteiger partial charge is 0.0194 e. The number of hydrogen-bond acceptors (Lipinski definition) is 2. The normalized spacial score (nSPS) is 14.6. The van der Waals surface area contributed by atoms with E-state index in [2.05, 4.69) is 6.08 Å². The van der Waals surface area contributed by atoms with Crippen LogP contribution < -0.4 is 11.5 Å². The lowest BCUT2D eigenvalue weighted by Crippen LogP contribution is -2.10. The monoisotopic (exact) mass is 128 g/mol. The molecular formula is C7H16N2. The maximum Gasteiger partial charge on any atom is 0.0194 e. The predicted octanol–water partition coefficient (Wildman–Crippen LogP) is 0.629. The minimum atomic E-state index is 0.183. The maximum atomic E-state index is 5.46. The highest BCUT2D eigenvalue weighted by Crippen LogP contribution is 1.88. The third kappa shape index (κ3) is 7.66.